The number of amides is 2. The second-order valence-corrected chi connectivity index (χ2v) is 11.7. The van der Waals surface area contributed by atoms with Crippen LogP contribution in [0.3, 0.4) is 0 Å². The van der Waals surface area contributed by atoms with Crippen molar-refractivity contribution in [2.75, 3.05) is 13.2 Å². The lowest BCUT2D eigenvalue weighted by Gasteiger charge is -2.28. The first-order valence-electron chi connectivity index (χ1n) is 11.9. The van der Waals surface area contributed by atoms with Crippen LogP contribution in [0.1, 0.15) is 32.7 Å². The van der Waals surface area contributed by atoms with E-state index in [1.54, 1.807) is 12.1 Å². The second-order valence-electron chi connectivity index (χ2n) is 9.63. The maximum Gasteiger partial charge on any atom is 0.343 e. The highest BCUT2D eigenvalue weighted by Gasteiger charge is 2.66. The fourth-order valence-corrected chi connectivity index (χ4v) is 7.41. The molecule has 8 nitrogen and oxygen atoms in total. The van der Waals surface area contributed by atoms with Crippen LogP contribution >= 0.6 is 31.9 Å². The molecule has 0 radical (unpaired) electrons. The van der Waals surface area contributed by atoms with Gasteiger partial charge in [0, 0.05) is 15.2 Å². The van der Waals surface area contributed by atoms with Crippen molar-refractivity contribution in [3.63, 3.8) is 0 Å². The molecule has 0 spiro atoms. The van der Waals surface area contributed by atoms with Gasteiger partial charge in [-0.2, -0.15) is 0 Å². The Morgan fingerprint density at radius 2 is 1.41 bits per heavy atom. The third kappa shape index (κ3) is 4.77. The van der Waals surface area contributed by atoms with E-state index in [4.69, 9.17) is 9.47 Å². The number of carbonyl (C=O) groups excluding carboxylic acids is 5. The van der Waals surface area contributed by atoms with E-state index in [0.717, 1.165) is 16.9 Å². The molecule has 2 aliphatic carbocycles. The Hall–Kier alpha value is -2.85. The number of benzene rings is 2. The number of likely N-dealkylation sites (tertiary alicyclic amines) is 1. The highest BCUT2D eigenvalue weighted by Crippen LogP contribution is 2.60. The number of nitrogens with zero attached hydrogens (tertiary/aromatic N) is 1. The number of ether oxygens (including phenoxy) is 2. The number of hydrogen-bond donors (Lipinski definition) is 0. The van der Waals surface area contributed by atoms with Crippen molar-refractivity contribution in [2.24, 2.45) is 23.7 Å². The molecule has 2 bridgehead atoms. The van der Waals surface area contributed by atoms with E-state index in [1.165, 1.54) is 24.3 Å². The van der Waals surface area contributed by atoms with Crippen LogP contribution in [-0.4, -0.2) is 57.2 Å². The van der Waals surface area contributed by atoms with E-state index in [0.29, 0.717) is 5.56 Å². The van der Waals surface area contributed by atoms with Gasteiger partial charge in [0.25, 0.3) is 0 Å². The molecule has 5 rings (SSSR count). The molecule has 1 saturated heterocycles. The number of Topliss-reactive ketones (excluding diaryl/α,β-unsaturated/α-hetero) is 1. The number of fused-ring (bicyclic) bond motifs is 5. The van der Waals surface area contributed by atoms with Crippen LogP contribution in [0.15, 0.2) is 48.5 Å². The molecule has 10 heteroatoms. The first-order chi connectivity index (χ1) is 17.7. The second kappa shape index (κ2) is 10.1. The molecule has 2 aromatic rings. The highest BCUT2D eigenvalue weighted by molar-refractivity contribution is 9.12. The molecule has 2 saturated carbocycles. The van der Waals surface area contributed by atoms with Gasteiger partial charge < -0.3 is 9.47 Å². The molecule has 2 aromatic carbocycles. The number of aryl methyl sites for hydroxylation is 1. The van der Waals surface area contributed by atoms with Crippen molar-refractivity contribution in [2.45, 2.75) is 23.0 Å². The summed E-state index contributed by atoms with van der Waals surface area (Å²) in [4.78, 5) is 64.1. The van der Waals surface area contributed by atoms with Crippen LogP contribution in [0.25, 0.3) is 0 Å². The molecule has 1 aliphatic heterocycles. The number of hydrogen-bond acceptors (Lipinski definition) is 7. The summed E-state index contributed by atoms with van der Waals surface area (Å²) in [7, 11) is 0. The average Bonchev–Trinajstić information content (AvgIpc) is 3.49. The van der Waals surface area contributed by atoms with Crippen molar-refractivity contribution in [1.82, 2.24) is 4.90 Å². The lowest BCUT2D eigenvalue weighted by atomic mass is 9.81. The number of alkyl halides is 2. The number of carbonyl (C=O) groups is 5. The average molecular weight is 633 g/mol. The molecule has 1 heterocycles. The minimum atomic E-state index is -0.822. The van der Waals surface area contributed by atoms with Gasteiger partial charge in [0.1, 0.15) is 12.3 Å². The lowest BCUT2D eigenvalue weighted by molar-refractivity contribution is -0.152. The predicted octanol–water partition coefficient (Wildman–Crippen LogP) is 3.72. The fourth-order valence-electron chi connectivity index (χ4n) is 5.53. The van der Waals surface area contributed by atoms with Crippen LogP contribution in [0, 0.1) is 30.6 Å². The monoisotopic (exact) mass is 631 g/mol. The van der Waals surface area contributed by atoms with Gasteiger partial charge in [0.2, 0.25) is 11.8 Å². The number of imide groups is 1. The Morgan fingerprint density at radius 1 is 0.865 bits per heavy atom. The van der Waals surface area contributed by atoms with Gasteiger partial charge >= 0.3 is 11.9 Å². The molecule has 192 valence electrons. The minimum absolute atomic E-state index is 0.0533. The fraction of sp³-hybridized carbons (Fsp3) is 0.370. The summed E-state index contributed by atoms with van der Waals surface area (Å²) >= 11 is 7.25. The summed E-state index contributed by atoms with van der Waals surface area (Å²) in [6.45, 7) is 0.868. The van der Waals surface area contributed by atoms with Crippen LogP contribution in [0.2, 0.25) is 0 Å². The smallest absolute Gasteiger partial charge is 0.343 e. The zero-order chi connectivity index (χ0) is 26.4. The zero-order valence-corrected chi connectivity index (χ0v) is 22.9. The van der Waals surface area contributed by atoms with Crippen LogP contribution in [-0.2, 0) is 19.1 Å². The Labute approximate surface area is 229 Å². The third-order valence-electron chi connectivity index (χ3n) is 7.40. The Balaban J connectivity index is 1.13. The van der Waals surface area contributed by atoms with Gasteiger partial charge in [-0.25, -0.2) is 4.79 Å². The molecular weight excluding hydrogens is 610 g/mol. The topological polar surface area (TPSA) is 107 Å². The molecule has 3 fully saturated rings. The summed E-state index contributed by atoms with van der Waals surface area (Å²) in [5, 5.41) is 0. The van der Waals surface area contributed by atoms with E-state index < -0.39 is 42.7 Å². The van der Waals surface area contributed by atoms with Crippen LogP contribution in [0.5, 0.6) is 5.75 Å². The summed E-state index contributed by atoms with van der Waals surface area (Å²) in [5.41, 5.74) is 1.69. The van der Waals surface area contributed by atoms with Crippen molar-refractivity contribution < 1.29 is 33.4 Å². The molecule has 6 unspecified atom stereocenters. The van der Waals surface area contributed by atoms with Crippen LogP contribution < -0.4 is 4.74 Å². The summed E-state index contributed by atoms with van der Waals surface area (Å²) in [6, 6.07) is 12.8. The standard InChI is InChI=1S/C27H23Br2NO7/c1-13-2-4-15(5-3-13)27(35)37-16-8-6-14(7-9-16)19(31)12-36-20(32)11-30-25(33)21-17-10-18(22(21)26(30)34)24(29)23(17)28/h2-9,17-18,21-24H,10-12H2,1H3. The van der Waals surface area contributed by atoms with E-state index in [-0.39, 0.29) is 44.6 Å². The maximum absolute atomic E-state index is 12.9. The normalized spacial score (nSPS) is 27.8. The van der Waals surface area contributed by atoms with Gasteiger partial charge in [0.05, 0.1) is 17.4 Å². The number of rotatable bonds is 7. The largest absolute Gasteiger partial charge is 0.456 e. The summed E-state index contributed by atoms with van der Waals surface area (Å²) in [6.07, 6.45) is 0.801. The third-order valence-corrected chi connectivity index (χ3v) is 10.6. The van der Waals surface area contributed by atoms with Gasteiger partial charge in [-0.15, -0.1) is 0 Å². The van der Waals surface area contributed by atoms with Crippen molar-refractivity contribution in [3.8, 4) is 5.75 Å². The van der Waals surface area contributed by atoms with Gasteiger partial charge in [0.15, 0.2) is 12.4 Å². The van der Waals surface area contributed by atoms with E-state index >= 15 is 0 Å². The molecule has 2 amide bonds. The first-order valence-corrected chi connectivity index (χ1v) is 13.7. The van der Waals surface area contributed by atoms with E-state index in [1.807, 2.05) is 19.1 Å². The summed E-state index contributed by atoms with van der Waals surface area (Å²) in [5.74, 6) is -2.95. The minimum Gasteiger partial charge on any atom is -0.456 e. The molecule has 0 aromatic heterocycles. The van der Waals surface area contributed by atoms with E-state index in [2.05, 4.69) is 31.9 Å². The molecule has 37 heavy (non-hydrogen) atoms. The van der Waals surface area contributed by atoms with Gasteiger partial charge in [-0.1, -0.05) is 49.6 Å². The van der Waals surface area contributed by atoms with E-state index in [9.17, 15) is 24.0 Å². The highest BCUT2D eigenvalue weighted by atomic mass is 79.9. The molecule has 6 atom stereocenters. The maximum atomic E-state index is 12.9. The number of ketones is 1. The number of halogens is 2. The molecule has 0 N–H and O–H groups in total. The van der Waals surface area contributed by atoms with Crippen LogP contribution in [0.4, 0.5) is 0 Å². The molecular formula is C27H23Br2NO7. The van der Waals surface area contributed by atoms with Crippen molar-refractivity contribution in [1.29, 1.82) is 0 Å². The number of esters is 2. The lowest BCUT2D eigenvalue weighted by Crippen LogP contribution is -2.38. The first kappa shape index (κ1) is 25.8. The Kier molecular flexibility index (Phi) is 7.06. The zero-order valence-electron chi connectivity index (χ0n) is 19.8. The van der Waals surface area contributed by atoms with Crippen molar-refractivity contribution >= 4 is 61.4 Å². The molecule has 3 aliphatic rings. The predicted molar refractivity (Wildman–Crippen MR) is 139 cm³/mol. The van der Waals surface area contributed by atoms with Crippen molar-refractivity contribution in [3.05, 3.63) is 65.2 Å². The van der Waals surface area contributed by atoms with Gasteiger partial charge in [-0.05, 0) is 61.6 Å². The quantitative estimate of drug-likeness (QED) is 0.151. The van der Waals surface area contributed by atoms with Gasteiger partial charge in [-0.3, -0.25) is 24.1 Å². The Bertz CT molecular complexity index is 1240. The Morgan fingerprint density at radius 3 is 1.97 bits per heavy atom. The summed E-state index contributed by atoms with van der Waals surface area (Å²) < 4.78 is 10.4. The SMILES string of the molecule is Cc1ccc(C(=O)Oc2ccc(C(=O)COC(=O)CN3C(=O)C4C5CC(C(Br)C5Br)C4C3=O)cc2)cc1.